The van der Waals surface area contributed by atoms with Gasteiger partial charge in [0.1, 0.15) is 5.82 Å². The molecule has 0 spiro atoms. The first-order valence-corrected chi connectivity index (χ1v) is 6.58. The first-order valence-electron chi connectivity index (χ1n) is 6.58. The summed E-state index contributed by atoms with van der Waals surface area (Å²) in [5.41, 5.74) is 3.57. The second kappa shape index (κ2) is 6.19. The molecule has 0 saturated carbocycles. The summed E-state index contributed by atoms with van der Waals surface area (Å²) in [6, 6.07) is 3.37. The van der Waals surface area contributed by atoms with Crippen molar-refractivity contribution in [2.75, 3.05) is 19.0 Å². The molecule has 0 aliphatic heterocycles. The van der Waals surface area contributed by atoms with Crippen LogP contribution in [-0.2, 0) is 5.41 Å². The van der Waals surface area contributed by atoms with Gasteiger partial charge in [0.25, 0.3) is 5.91 Å². The van der Waals surface area contributed by atoms with Crippen molar-refractivity contribution >= 4 is 11.7 Å². The zero-order valence-corrected chi connectivity index (χ0v) is 12.8. The van der Waals surface area contributed by atoms with Gasteiger partial charge in [0.15, 0.2) is 0 Å². The van der Waals surface area contributed by atoms with Crippen molar-refractivity contribution in [3.63, 3.8) is 0 Å². The first-order chi connectivity index (χ1) is 9.15. The molecule has 0 aliphatic carbocycles. The third kappa shape index (κ3) is 4.18. The molecule has 1 rings (SSSR count). The first kappa shape index (κ1) is 16.4. The molecule has 0 bridgehead atoms. The smallest absolute Gasteiger partial charge is 0.253 e. The Bertz CT molecular complexity index is 481. The van der Waals surface area contributed by atoms with Gasteiger partial charge in [0, 0.05) is 30.3 Å². The highest BCUT2D eigenvalue weighted by Crippen LogP contribution is 2.23. The van der Waals surface area contributed by atoms with E-state index in [-0.39, 0.29) is 17.9 Å². The van der Waals surface area contributed by atoms with Crippen LogP contribution in [0, 0.1) is 0 Å². The van der Waals surface area contributed by atoms with Gasteiger partial charge >= 0.3 is 0 Å². The standard InChI is InChI=1S/C14H24N4O2/c1-9(19)8-18(5)13(20)10-6-11(14(2,3)4)16-12(7-10)17-15/h6-7,9,19H,8,15H2,1-5H3,(H,16,17). The highest BCUT2D eigenvalue weighted by atomic mass is 16.3. The topological polar surface area (TPSA) is 91.5 Å². The summed E-state index contributed by atoms with van der Waals surface area (Å²) in [5, 5.41) is 9.36. The summed E-state index contributed by atoms with van der Waals surface area (Å²) in [6.07, 6.45) is -0.569. The Balaban J connectivity index is 3.14. The van der Waals surface area contributed by atoms with E-state index in [4.69, 9.17) is 5.84 Å². The number of hydrogen-bond donors (Lipinski definition) is 3. The van der Waals surface area contributed by atoms with Crippen LogP contribution in [0.15, 0.2) is 12.1 Å². The zero-order valence-electron chi connectivity index (χ0n) is 12.8. The van der Waals surface area contributed by atoms with Crippen molar-refractivity contribution in [3.05, 3.63) is 23.4 Å². The van der Waals surface area contributed by atoms with Gasteiger partial charge in [0.2, 0.25) is 0 Å². The number of hydrogen-bond acceptors (Lipinski definition) is 5. The molecule has 1 unspecified atom stereocenters. The van der Waals surface area contributed by atoms with Crippen LogP contribution < -0.4 is 11.3 Å². The number of nitrogens with zero attached hydrogens (tertiary/aromatic N) is 2. The van der Waals surface area contributed by atoms with E-state index < -0.39 is 6.10 Å². The van der Waals surface area contributed by atoms with E-state index >= 15 is 0 Å². The zero-order chi connectivity index (χ0) is 15.5. The van der Waals surface area contributed by atoms with Gasteiger partial charge in [-0.3, -0.25) is 4.79 Å². The summed E-state index contributed by atoms with van der Waals surface area (Å²) < 4.78 is 0. The number of likely N-dealkylation sites (N-methyl/N-ethyl adjacent to an activating group) is 1. The van der Waals surface area contributed by atoms with E-state index in [1.165, 1.54) is 4.90 Å². The number of anilines is 1. The number of amides is 1. The quantitative estimate of drug-likeness (QED) is 0.568. The minimum absolute atomic E-state index is 0.171. The number of carbonyl (C=O) groups is 1. The molecule has 1 amide bonds. The van der Waals surface area contributed by atoms with Crippen molar-refractivity contribution < 1.29 is 9.90 Å². The number of hydrazine groups is 1. The van der Waals surface area contributed by atoms with E-state index in [2.05, 4.69) is 10.4 Å². The number of nitrogens with two attached hydrogens (primary N) is 1. The Morgan fingerprint density at radius 1 is 1.50 bits per heavy atom. The van der Waals surface area contributed by atoms with E-state index in [0.29, 0.717) is 11.4 Å². The third-order valence-corrected chi connectivity index (χ3v) is 2.87. The molecule has 4 N–H and O–H groups in total. The average Bonchev–Trinajstić information content (AvgIpc) is 2.35. The summed E-state index contributed by atoms with van der Waals surface area (Å²) >= 11 is 0. The maximum atomic E-state index is 12.3. The number of aromatic nitrogens is 1. The SMILES string of the molecule is CC(O)CN(C)C(=O)c1cc(NN)nc(C(C)(C)C)c1. The van der Waals surface area contributed by atoms with E-state index in [1.807, 2.05) is 20.8 Å². The summed E-state index contributed by atoms with van der Waals surface area (Å²) in [7, 11) is 1.65. The predicted octanol–water partition coefficient (Wildman–Crippen LogP) is 1.12. The fourth-order valence-corrected chi connectivity index (χ4v) is 1.81. The number of carbonyl (C=O) groups excluding carboxylic acids is 1. The maximum Gasteiger partial charge on any atom is 0.253 e. The lowest BCUT2D eigenvalue weighted by Gasteiger charge is -2.22. The van der Waals surface area contributed by atoms with Gasteiger partial charge in [-0.2, -0.15) is 0 Å². The fourth-order valence-electron chi connectivity index (χ4n) is 1.81. The van der Waals surface area contributed by atoms with Crippen molar-refractivity contribution in [2.24, 2.45) is 5.84 Å². The molecular weight excluding hydrogens is 256 g/mol. The van der Waals surface area contributed by atoms with Gasteiger partial charge in [-0.1, -0.05) is 20.8 Å². The summed E-state index contributed by atoms with van der Waals surface area (Å²) in [5.74, 6) is 5.69. The molecule has 6 heteroatoms. The van der Waals surface area contributed by atoms with E-state index in [1.54, 1.807) is 26.1 Å². The van der Waals surface area contributed by atoms with Crippen LogP contribution in [0.4, 0.5) is 5.82 Å². The van der Waals surface area contributed by atoms with Gasteiger partial charge in [-0.25, -0.2) is 10.8 Å². The molecule has 1 aromatic heterocycles. The monoisotopic (exact) mass is 280 g/mol. The molecule has 0 fully saturated rings. The predicted molar refractivity (Wildman–Crippen MR) is 79.4 cm³/mol. The molecule has 112 valence electrons. The molecule has 6 nitrogen and oxygen atoms in total. The molecule has 0 radical (unpaired) electrons. The molecule has 20 heavy (non-hydrogen) atoms. The highest BCUT2D eigenvalue weighted by molar-refractivity contribution is 5.95. The third-order valence-electron chi connectivity index (χ3n) is 2.87. The van der Waals surface area contributed by atoms with Crippen LogP contribution in [0.5, 0.6) is 0 Å². The lowest BCUT2D eigenvalue weighted by molar-refractivity contribution is 0.0703. The molecule has 1 atom stereocenters. The molecule has 1 heterocycles. The number of aliphatic hydroxyl groups is 1. The molecule has 0 aromatic carbocycles. The van der Waals surface area contributed by atoms with Crippen molar-refractivity contribution in [2.45, 2.75) is 39.2 Å². The second-order valence-corrected chi connectivity index (χ2v) is 6.06. The van der Waals surface area contributed by atoms with Crippen LogP contribution in [-0.4, -0.2) is 40.6 Å². The van der Waals surface area contributed by atoms with Crippen molar-refractivity contribution in [1.29, 1.82) is 0 Å². The number of rotatable bonds is 4. The van der Waals surface area contributed by atoms with Crippen LogP contribution >= 0.6 is 0 Å². The van der Waals surface area contributed by atoms with Crippen molar-refractivity contribution in [3.8, 4) is 0 Å². The number of nitrogens with one attached hydrogen (secondary N) is 1. The minimum atomic E-state index is -0.569. The maximum absolute atomic E-state index is 12.3. The highest BCUT2D eigenvalue weighted by Gasteiger charge is 2.21. The van der Waals surface area contributed by atoms with E-state index in [0.717, 1.165) is 5.69 Å². The van der Waals surface area contributed by atoms with Crippen LogP contribution in [0.2, 0.25) is 0 Å². The summed E-state index contributed by atoms with van der Waals surface area (Å²) in [6.45, 7) is 7.97. The van der Waals surface area contributed by atoms with Crippen LogP contribution in [0.25, 0.3) is 0 Å². The fraction of sp³-hybridized carbons (Fsp3) is 0.571. The van der Waals surface area contributed by atoms with Crippen LogP contribution in [0.3, 0.4) is 0 Å². The van der Waals surface area contributed by atoms with Crippen molar-refractivity contribution in [1.82, 2.24) is 9.88 Å². The molecule has 0 aliphatic rings. The Morgan fingerprint density at radius 2 is 2.10 bits per heavy atom. The molecular formula is C14H24N4O2. The molecule has 1 aromatic rings. The normalized spacial score (nSPS) is 12.9. The number of pyridine rings is 1. The lowest BCUT2D eigenvalue weighted by Crippen LogP contribution is -2.33. The largest absolute Gasteiger partial charge is 0.392 e. The Hall–Kier alpha value is -1.66. The average molecular weight is 280 g/mol. The van der Waals surface area contributed by atoms with E-state index in [9.17, 15) is 9.90 Å². The Kier molecular flexibility index (Phi) is 5.08. The van der Waals surface area contributed by atoms with Gasteiger partial charge < -0.3 is 15.4 Å². The van der Waals surface area contributed by atoms with Gasteiger partial charge in [-0.05, 0) is 19.1 Å². The summed E-state index contributed by atoms with van der Waals surface area (Å²) in [4.78, 5) is 18.2. The Labute approximate surface area is 120 Å². The molecule has 0 saturated heterocycles. The van der Waals surface area contributed by atoms with Gasteiger partial charge in [0.05, 0.1) is 6.10 Å². The van der Waals surface area contributed by atoms with Crippen LogP contribution in [0.1, 0.15) is 43.7 Å². The second-order valence-electron chi connectivity index (χ2n) is 6.06. The van der Waals surface area contributed by atoms with Gasteiger partial charge in [-0.15, -0.1) is 0 Å². The number of aliphatic hydroxyl groups excluding tert-OH is 1. The Morgan fingerprint density at radius 3 is 2.55 bits per heavy atom. The number of nitrogen functional groups attached to an aromatic ring is 1. The minimum Gasteiger partial charge on any atom is -0.392 e. The lowest BCUT2D eigenvalue weighted by atomic mass is 9.90.